The van der Waals surface area contributed by atoms with E-state index in [4.69, 9.17) is 16.3 Å². The van der Waals surface area contributed by atoms with Gasteiger partial charge in [-0.3, -0.25) is 9.59 Å². The predicted octanol–water partition coefficient (Wildman–Crippen LogP) is 4.89. The first-order valence-corrected chi connectivity index (χ1v) is 11.3. The van der Waals surface area contributed by atoms with Gasteiger partial charge < -0.3 is 15.0 Å². The Balaban J connectivity index is 1.71. The van der Waals surface area contributed by atoms with Crippen molar-refractivity contribution in [2.75, 3.05) is 6.61 Å². The molecule has 0 bridgehead atoms. The van der Waals surface area contributed by atoms with Gasteiger partial charge in [0.25, 0.3) is 5.91 Å². The second-order valence-corrected chi connectivity index (χ2v) is 8.64. The molecular formula is C25H31ClN2O3. The van der Waals surface area contributed by atoms with Crippen LogP contribution in [0.25, 0.3) is 0 Å². The van der Waals surface area contributed by atoms with Crippen LogP contribution in [-0.2, 0) is 16.1 Å². The Kier molecular flexibility index (Phi) is 8.35. The topological polar surface area (TPSA) is 58.6 Å². The minimum absolute atomic E-state index is 0.136. The first kappa shape index (κ1) is 23.1. The highest BCUT2D eigenvalue weighted by Crippen LogP contribution is 2.21. The molecule has 0 spiro atoms. The van der Waals surface area contributed by atoms with Crippen molar-refractivity contribution in [1.82, 2.24) is 10.2 Å². The monoisotopic (exact) mass is 442 g/mol. The van der Waals surface area contributed by atoms with Gasteiger partial charge in [0, 0.05) is 17.6 Å². The Hall–Kier alpha value is -2.53. The highest BCUT2D eigenvalue weighted by molar-refractivity contribution is 6.31. The molecule has 3 rings (SSSR count). The summed E-state index contributed by atoms with van der Waals surface area (Å²) in [6.07, 6.45) is 5.47. The van der Waals surface area contributed by atoms with Gasteiger partial charge in [-0.05, 0) is 50.5 Å². The molecule has 1 aliphatic rings. The third-order valence-corrected chi connectivity index (χ3v) is 6.17. The lowest BCUT2D eigenvalue weighted by Gasteiger charge is -2.31. The molecule has 6 heteroatoms. The minimum atomic E-state index is -0.632. The van der Waals surface area contributed by atoms with E-state index in [1.807, 2.05) is 49.4 Å². The van der Waals surface area contributed by atoms with E-state index in [-0.39, 0.29) is 31.0 Å². The average Bonchev–Trinajstić information content (AvgIpc) is 2.78. The van der Waals surface area contributed by atoms with Gasteiger partial charge in [-0.1, -0.05) is 66.8 Å². The molecule has 1 N–H and O–H groups in total. The minimum Gasteiger partial charge on any atom is -0.484 e. The van der Waals surface area contributed by atoms with Crippen LogP contribution in [0.1, 0.15) is 50.2 Å². The summed E-state index contributed by atoms with van der Waals surface area (Å²) in [7, 11) is 0. The molecule has 0 heterocycles. The predicted molar refractivity (Wildman–Crippen MR) is 123 cm³/mol. The van der Waals surface area contributed by atoms with Crippen molar-refractivity contribution >= 4 is 23.4 Å². The number of amides is 2. The molecule has 0 aliphatic heterocycles. The Morgan fingerprint density at radius 2 is 1.77 bits per heavy atom. The molecule has 1 fully saturated rings. The van der Waals surface area contributed by atoms with E-state index in [0.29, 0.717) is 10.8 Å². The van der Waals surface area contributed by atoms with E-state index in [2.05, 4.69) is 5.32 Å². The van der Waals surface area contributed by atoms with Gasteiger partial charge >= 0.3 is 0 Å². The molecule has 1 aliphatic carbocycles. The average molecular weight is 443 g/mol. The molecule has 166 valence electrons. The number of halogens is 1. The number of carbonyl (C=O) groups is 2. The molecule has 0 saturated heterocycles. The van der Waals surface area contributed by atoms with E-state index in [1.165, 1.54) is 6.42 Å². The SMILES string of the molecule is Cc1ccc(OCC(=O)N(Cc2ccccc2Cl)[C@@H](C)C(=O)NC2CCCCC2)cc1. The molecule has 2 aromatic carbocycles. The van der Waals surface area contributed by atoms with Crippen LogP contribution in [0.5, 0.6) is 5.75 Å². The molecule has 2 amide bonds. The van der Waals surface area contributed by atoms with Crippen LogP contribution in [-0.4, -0.2) is 35.4 Å². The van der Waals surface area contributed by atoms with E-state index in [0.717, 1.165) is 36.8 Å². The van der Waals surface area contributed by atoms with Crippen LogP contribution in [0, 0.1) is 6.92 Å². The molecular weight excluding hydrogens is 412 g/mol. The van der Waals surface area contributed by atoms with Gasteiger partial charge in [-0.15, -0.1) is 0 Å². The molecule has 0 aromatic heterocycles. The molecule has 5 nitrogen and oxygen atoms in total. The highest BCUT2D eigenvalue weighted by atomic mass is 35.5. The van der Waals surface area contributed by atoms with E-state index >= 15 is 0 Å². The summed E-state index contributed by atoms with van der Waals surface area (Å²) in [5.41, 5.74) is 1.91. The highest BCUT2D eigenvalue weighted by Gasteiger charge is 2.28. The zero-order valence-corrected chi connectivity index (χ0v) is 19.0. The molecule has 31 heavy (non-hydrogen) atoms. The zero-order valence-electron chi connectivity index (χ0n) is 18.3. The lowest BCUT2D eigenvalue weighted by molar-refractivity contribution is -0.142. The van der Waals surface area contributed by atoms with Crippen LogP contribution in [0.3, 0.4) is 0 Å². The number of carbonyl (C=O) groups excluding carboxylic acids is 2. The first-order valence-electron chi connectivity index (χ1n) is 11.0. The van der Waals surface area contributed by atoms with Gasteiger partial charge in [0.1, 0.15) is 11.8 Å². The number of rotatable bonds is 8. The van der Waals surface area contributed by atoms with Crippen LogP contribution < -0.4 is 10.1 Å². The Morgan fingerprint density at radius 3 is 2.45 bits per heavy atom. The third kappa shape index (κ3) is 6.73. The fourth-order valence-corrected chi connectivity index (χ4v) is 4.02. The number of aryl methyl sites for hydroxylation is 1. The van der Waals surface area contributed by atoms with Gasteiger partial charge in [0.2, 0.25) is 5.91 Å². The second kappa shape index (κ2) is 11.2. The van der Waals surface area contributed by atoms with Crippen molar-refractivity contribution in [3.05, 3.63) is 64.7 Å². The summed E-state index contributed by atoms with van der Waals surface area (Å²) in [6.45, 7) is 3.86. The van der Waals surface area contributed by atoms with Gasteiger partial charge in [0.15, 0.2) is 6.61 Å². The summed E-state index contributed by atoms with van der Waals surface area (Å²) < 4.78 is 5.70. The zero-order chi connectivity index (χ0) is 22.2. The second-order valence-electron chi connectivity index (χ2n) is 8.23. The Labute approximate surface area is 189 Å². The van der Waals surface area contributed by atoms with Gasteiger partial charge in [-0.2, -0.15) is 0 Å². The fraction of sp³-hybridized carbons (Fsp3) is 0.440. The summed E-state index contributed by atoms with van der Waals surface area (Å²) in [5, 5.41) is 3.70. The Bertz CT molecular complexity index is 879. The van der Waals surface area contributed by atoms with Crippen molar-refractivity contribution < 1.29 is 14.3 Å². The smallest absolute Gasteiger partial charge is 0.261 e. The number of nitrogens with zero attached hydrogens (tertiary/aromatic N) is 1. The fourth-order valence-electron chi connectivity index (χ4n) is 3.82. The van der Waals surface area contributed by atoms with E-state index in [9.17, 15) is 9.59 Å². The van der Waals surface area contributed by atoms with Crippen LogP contribution in [0.4, 0.5) is 0 Å². The Morgan fingerprint density at radius 1 is 1.10 bits per heavy atom. The van der Waals surface area contributed by atoms with Crippen molar-refractivity contribution in [3.8, 4) is 5.75 Å². The van der Waals surface area contributed by atoms with Crippen molar-refractivity contribution in [3.63, 3.8) is 0 Å². The summed E-state index contributed by atoms with van der Waals surface area (Å²) in [5.74, 6) is 0.227. The quantitative estimate of drug-likeness (QED) is 0.633. The lowest BCUT2D eigenvalue weighted by Crippen LogP contribution is -2.51. The van der Waals surface area contributed by atoms with Crippen molar-refractivity contribution in [2.24, 2.45) is 0 Å². The number of nitrogens with one attached hydrogen (secondary N) is 1. The van der Waals surface area contributed by atoms with E-state index in [1.54, 1.807) is 17.9 Å². The first-order chi connectivity index (χ1) is 14.9. The van der Waals surface area contributed by atoms with Gasteiger partial charge in [0.05, 0.1) is 0 Å². The van der Waals surface area contributed by atoms with Crippen molar-refractivity contribution in [1.29, 1.82) is 0 Å². The number of hydrogen-bond donors (Lipinski definition) is 1. The third-order valence-electron chi connectivity index (χ3n) is 5.80. The summed E-state index contributed by atoms with van der Waals surface area (Å²) in [4.78, 5) is 27.6. The van der Waals surface area contributed by atoms with Crippen LogP contribution in [0.15, 0.2) is 48.5 Å². The molecule has 0 radical (unpaired) electrons. The van der Waals surface area contributed by atoms with Crippen LogP contribution >= 0.6 is 11.6 Å². The summed E-state index contributed by atoms with van der Waals surface area (Å²) >= 11 is 6.33. The lowest BCUT2D eigenvalue weighted by atomic mass is 9.95. The maximum Gasteiger partial charge on any atom is 0.261 e. The molecule has 1 saturated carbocycles. The summed E-state index contributed by atoms with van der Waals surface area (Å²) in [6, 6.07) is 14.5. The van der Waals surface area contributed by atoms with E-state index < -0.39 is 6.04 Å². The van der Waals surface area contributed by atoms with Gasteiger partial charge in [-0.25, -0.2) is 0 Å². The van der Waals surface area contributed by atoms with Crippen molar-refractivity contribution in [2.45, 2.75) is 64.6 Å². The largest absolute Gasteiger partial charge is 0.484 e. The number of benzene rings is 2. The molecule has 1 atom stereocenters. The maximum atomic E-state index is 13.1. The molecule has 2 aromatic rings. The molecule has 0 unspecified atom stereocenters. The number of ether oxygens (including phenoxy) is 1. The normalized spacial score (nSPS) is 15.2. The number of hydrogen-bond acceptors (Lipinski definition) is 3. The maximum absolute atomic E-state index is 13.1. The van der Waals surface area contributed by atoms with Crippen LogP contribution in [0.2, 0.25) is 5.02 Å². The standard InChI is InChI=1S/C25H31ClN2O3/c1-18-12-14-22(15-13-18)31-17-24(29)28(16-20-8-6-7-11-23(20)26)19(2)25(30)27-21-9-4-3-5-10-21/h6-8,11-15,19,21H,3-5,9-10,16-17H2,1-2H3,(H,27,30)/t19-/m0/s1.